The van der Waals surface area contributed by atoms with Gasteiger partial charge in [0.1, 0.15) is 5.82 Å². The van der Waals surface area contributed by atoms with Gasteiger partial charge in [0, 0.05) is 18.3 Å². The van der Waals surface area contributed by atoms with Crippen LogP contribution in [0.3, 0.4) is 0 Å². The lowest BCUT2D eigenvalue weighted by Crippen LogP contribution is -2.27. The summed E-state index contributed by atoms with van der Waals surface area (Å²) in [6, 6.07) is 10.0. The van der Waals surface area contributed by atoms with Crippen molar-refractivity contribution in [1.29, 1.82) is 0 Å². The summed E-state index contributed by atoms with van der Waals surface area (Å²) in [4.78, 5) is 16.4. The van der Waals surface area contributed by atoms with Gasteiger partial charge < -0.3 is 5.32 Å². The van der Waals surface area contributed by atoms with Gasteiger partial charge in [-0.1, -0.05) is 31.7 Å². The Bertz CT molecular complexity index is 661. The van der Waals surface area contributed by atoms with Gasteiger partial charge in [0.2, 0.25) is 5.91 Å². The van der Waals surface area contributed by atoms with Crippen LogP contribution in [0.2, 0.25) is 0 Å². The Morgan fingerprint density at radius 3 is 2.54 bits per heavy atom. The molecular weight excluding hydrogens is 303 g/mol. The summed E-state index contributed by atoms with van der Waals surface area (Å²) in [7, 11) is 0. The molecule has 0 bridgehead atoms. The van der Waals surface area contributed by atoms with E-state index in [1.807, 2.05) is 12.1 Å². The Morgan fingerprint density at radius 1 is 1.12 bits per heavy atom. The van der Waals surface area contributed by atoms with Gasteiger partial charge in [-0.15, -0.1) is 0 Å². The smallest absolute Gasteiger partial charge is 0.224 e. The van der Waals surface area contributed by atoms with Gasteiger partial charge in [-0.25, -0.2) is 4.39 Å². The fraction of sp³-hybridized carbons (Fsp3) is 0.400. The average molecular weight is 326 g/mol. The van der Waals surface area contributed by atoms with Crippen LogP contribution in [0.15, 0.2) is 42.6 Å². The average Bonchev–Trinajstić information content (AvgIpc) is 3.10. The summed E-state index contributed by atoms with van der Waals surface area (Å²) in [6.07, 6.45) is 8.45. The number of nitrogens with zero attached hydrogens (tertiary/aromatic N) is 1. The first kappa shape index (κ1) is 16.6. The van der Waals surface area contributed by atoms with Crippen molar-refractivity contribution in [2.45, 2.75) is 38.5 Å². The molecule has 1 saturated carbocycles. The lowest BCUT2D eigenvalue weighted by Gasteiger charge is -2.10. The monoisotopic (exact) mass is 326 g/mol. The third-order valence-corrected chi connectivity index (χ3v) is 4.68. The van der Waals surface area contributed by atoms with Crippen LogP contribution in [0, 0.1) is 11.7 Å². The maximum absolute atomic E-state index is 12.9. The van der Waals surface area contributed by atoms with E-state index < -0.39 is 0 Å². The summed E-state index contributed by atoms with van der Waals surface area (Å²) >= 11 is 0. The SMILES string of the molecule is O=C(Cc1ccc(-c2ccc(F)cc2)nc1)NCCC1CCCC1. The maximum atomic E-state index is 12.9. The number of carbonyl (C=O) groups excluding carboxylic acids is 1. The predicted molar refractivity (Wildman–Crippen MR) is 92.9 cm³/mol. The van der Waals surface area contributed by atoms with Crippen LogP contribution in [0.4, 0.5) is 4.39 Å². The molecule has 1 amide bonds. The molecule has 24 heavy (non-hydrogen) atoms. The highest BCUT2D eigenvalue weighted by Gasteiger charge is 2.14. The van der Waals surface area contributed by atoms with Gasteiger partial charge in [0.05, 0.1) is 12.1 Å². The maximum Gasteiger partial charge on any atom is 0.224 e. The minimum Gasteiger partial charge on any atom is -0.356 e. The molecule has 1 N–H and O–H groups in total. The van der Waals surface area contributed by atoms with E-state index in [9.17, 15) is 9.18 Å². The van der Waals surface area contributed by atoms with Crippen LogP contribution in [0.1, 0.15) is 37.7 Å². The van der Waals surface area contributed by atoms with Crippen molar-refractivity contribution in [1.82, 2.24) is 10.3 Å². The van der Waals surface area contributed by atoms with Gasteiger partial charge in [-0.3, -0.25) is 9.78 Å². The molecule has 0 unspecified atom stereocenters. The zero-order valence-electron chi connectivity index (χ0n) is 13.8. The van der Waals surface area contributed by atoms with Crippen molar-refractivity contribution < 1.29 is 9.18 Å². The second kappa shape index (κ2) is 8.04. The van der Waals surface area contributed by atoms with Gasteiger partial charge >= 0.3 is 0 Å². The molecule has 0 aliphatic heterocycles. The van der Waals surface area contributed by atoms with Crippen molar-refractivity contribution in [2.75, 3.05) is 6.54 Å². The van der Waals surface area contributed by atoms with Crippen molar-refractivity contribution in [3.05, 3.63) is 54.0 Å². The van der Waals surface area contributed by atoms with Crippen LogP contribution in [-0.2, 0) is 11.2 Å². The molecule has 2 aromatic rings. The van der Waals surface area contributed by atoms with Gasteiger partial charge in [0.15, 0.2) is 0 Å². The molecule has 0 spiro atoms. The summed E-state index contributed by atoms with van der Waals surface area (Å²) in [5, 5.41) is 3.00. The van der Waals surface area contributed by atoms with Gasteiger partial charge in [-0.05, 0) is 48.2 Å². The van der Waals surface area contributed by atoms with E-state index in [1.165, 1.54) is 37.8 Å². The van der Waals surface area contributed by atoms with E-state index in [0.717, 1.165) is 35.7 Å². The Hall–Kier alpha value is -2.23. The Morgan fingerprint density at radius 2 is 1.88 bits per heavy atom. The number of halogens is 1. The molecule has 1 aromatic carbocycles. The number of hydrogen-bond acceptors (Lipinski definition) is 2. The number of pyridine rings is 1. The number of hydrogen-bond donors (Lipinski definition) is 1. The van der Waals surface area contributed by atoms with Crippen molar-refractivity contribution in [3.8, 4) is 11.3 Å². The molecule has 1 aromatic heterocycles. The van der Waals surface area contributed by atoms with E-state index in [2.05, 4.69) is 10.3 Å². The summed E-state index contributed by atoms with van der Waals surface area (Å²) < 4.78 is 12.9. The van der Waals surface area contributed by atoms with Crippen LogP contribution < -0.4 is 5.32 Å². The summed E-state index contributed by atoms with van der Waals surface area (Å²) in [5.74, 6) is 0.580. The Kier molecular flexibility index (Phi) is 5.57. The molecule has 1 aliphatic carbocycles. The first-order chi connectivity index (χ1) is 11.7. The minimum atomic E-state index is -0.260. The lowest BCUT2D eigenvalue weighted by molar-refractivity contribution is -0.120. The molecule has 0 radical (unpaired) electrons. The summed E-state index contributed by atoms with van der Waals surface area (Å²) in [6.45, 7) is 0.768. The predicted octanol–water partition coefficient (Wildman–Crippen LogP) is 4.13. The van der Waals surface area contributed by atoms with Gasteiger partial charge in [0.25, 0.3) is 0 Å². The lowest BCUT2D eigenvalue weighted by atomic mass is 10.0. The molecule has 3 rings (SSSR count). The highest BCUT2D eigenvalue weighted by atomic mass is 19.1. The number of amides is 1. The van der Waals surface area contributed by atoms with E-state index >= 15 is 0 Å². The topological polar surface area (TPSA) is 42.0 Å². The molecule has 0 saturated heterocycles. The molecule has 1 aliphatic rings. The number of carbonyl (C=O) groups is 1. The van der Waals surface area contributed by atoms with Crippen molar-refractivity contribution in [3.63, 3.8) is 0 Å². The quantitative estimate of drug-likeness (QED) is 0.867. The first-order valence-electron chi connectivity index (χ1n) is 8.68. The van der Waals surface area contributed by atoms with Crippen LogP contribution in [-0.4, -0.2) is 17.4 Å². The third-order valence-electron chi connectivity index (χ3n) is 4.68. The van der Waals surface area contributed by atoms with Crippen molar-refractivity contribution >= 4 is 5.91 Å². The molecule has 4 heteroatoms. The number of benzene rings is 1. The Balaban J connectivity index is 1.48. The number of rotatable bonds is 6. The molecule has 0 atom stereocenters. The van der Waals surface area contributed by atoms with Crippen molar-refractivity contribution in [2.24, 2.45) is 5.92 Å². The molecule has 1 heterocycles. The second-order valence-electron chi connectivity index (χ2n) is 6.52. The van der Waals surface area contributed by atoms with Gasteiger partial charge in [-0.2, -0.15) is 0 Å². The highest BCUT2D eigenvalue weighted by Crippen LogP contribution is 2.26. The zero-order valence-corrected chi connectivity index (χ0v) is 13.8. The van der Waals surface area contributed by atoms with E-state index in [1.54, 1.807) is 18.3 Å². The summed E-state index contributed by atoms with van der Waals surface area (Å²) in [5.41, 5.74) is 2.53. The number of aromatic nitrogens is 1. The third kappa shape index (κ3) is 4.63. The Labute approximate surface area is 142 Å². The fourth-order valence-corrected chi connectivity index (χ4v) is 3.28. The standard InChI is InChI=1S/C20H23FN2O/c21-18-8-6-17(7-9-18)19-10-5-16(14-23-19)13-20(24)22-12-11-15-3-1-2-4-15/h5-10,14-15H,1-4,11-13H2,(H,22,24). The molecule has 126 valence electrons. The minimum absolute atomic E-state index is 0.0457. The van der Waals surface area contributed by atoms with E-state index in [0.29, 0.717) is 6.42 Å². The zero-order chi connectivity index (χ0) is 16.8. The second-order valence-corrected chi connectivity index (χ2v) is 6.52. The van der Waals surface area contributed by atoms with Crippen LogP contribution >= 0.6 is 0 Å². The number of nitrogens with one attached hydrogen (secondary N) is 1. The van der Waals surface area contributed by atoms with Crippen LogP contribution in [0.25, 0.3) is 11.3 Å². The largest absolute Gasteiger partial charge is 0.356 e. The normalized spacial score (nSPS) is 14.7. The van der Waals surface area contributed by atoms with E-state index in [4.69, 9.17) is 0 Å². The highest BCUT2D eigenvalue weighted by molar-refractivity contribution is 5.78. The van der Waals surface area contributed by atoms with E-state index in [-0.39, 0.29) is 11.7 Å². The molecule has 3 nitrogen and oxygen atoms in total. The molecule has 1 fully saturated rings. The fourth-order valence-electron chi connectivity index (χ4n) is 3.28. The van der Waals surface area contributed by atoms with Crippen LogP contribution in [0.5, 0.6) is 0 Å². The first-order valence-corrected chi connectivity index (χ1v) is 8.68. The molecular formula is C20H23FN2O.